The molecule has 2 N–H and O–H groups in total. The van der Waals surface area contributed by atoms with Crippen LogP contribution >= 0.6 is 11.6 Å². The molecular weight excluding hydrogens is 286 g/mol. The van der Waals surface area contributed by atoms with Crippen molar-refractivity contribution in [2.45, 2.75) is 26.0 Å². The van der Waals surface area contributed by atoms with Crippen molar-refractivity contribution in [3.63, 3.8) is 0 Å². The number of aryl methyl sites for hydroxylation is 1. The Labute approximate surface area is 129 Å². The summed E-state index contributed by atoms with van der Waals surface area (Å²) in [6, 6.07) is 9.95. The largest absolute Gasteiger partial charge is 0.391 e. The minimum absolute atomic E-state index is 0.250. The van der Waals surface area contributed by atoms with E-state index in [0.29, 0.717) is 0 Å². The number of nitrogens with zero attached hydrogens (tertiary/aromatic N) is 2. The van der Waals surface area contributed by atoms with Gasteiger partial charge in [-0.05, 0) is 37.1 Å². The normalized spacial score (nSPS) is 22.8. The van der Waals surface area contributed by atoms with Crippen molar-refractivity contribution < 1.29 is 5.11 Å². The van der Waals surface area contributed by atoms with E-state index < -0.39 is 0 Å². The van der Waals surface area contributed by atoms with Crippen molar-refractivity contribution >= 4 is 11.6 Å². The first kappa shape index (κ1) is 14.6. The number of halogens is 1. The lowest BCUT2D eigenvalue weighted by Crippen LogP contribution is -2.21. The Balaban J connectivity index is 1.59. The maximum Gasteiger partial charge on any atom is 0.0711 e. The van der Waals surface area contributed by atoms with E-state index in [1.165, 1.54) is 5.56 Å². The summed E-state index contributed by atoms with van der Waals surface area (Å²) in [7, 11) is 0. The zero-order chi connectivity index (χ0) is 14.8. The molecule has 1 aromatic heterocycles. The van der Waals surface area contributed by atoms with Gasteiger partial charge in [0.2, 0.25) is 0 Å². The fraction of sp³-hybridized carbons (Fsp3) is 0.438. The van der Waals surface area contributed by atoms with Gasteiger partial charge in [-0.3, -0.25) is 10.00 Å². The SMILES string of the molecule is Cc1cc(C[C@@H]2CN(Cc3ccc(Cl)cc3)C[C@H]2O)n[nH]1. The summed E-state index contributed by atoms with van der Waals surface area (Å²) in [5.74, 6) is 0.250. The number of aliphatic hydroxyl groups excluding tert-OH is 1. The van der Waals surface area contributed by atoms with Crippen molar-refractivity contribution in [3.8, 4) is 0 Å². The maximum absolute atomic E-state index is 10.2. The van der Waals surface area contributed by atoms with Gasteiger partial charge in [-0.15, -0.1) is 0 Å². The second-order valence-corrected chi connectivity index (χ2v) is 6.33. The Bertz CT molecular complexity index is 596. The highest BCUT2D eigenvalue weighted by Crippen LogP contribution is 2.23. The van der Waals surface area contributed by atoms with Gasteiger partial charge >= 0.3 is 0 Å². The summed E-state index contributed by atoms with van der Waals surface area (Å²) in [5, 5.41) is 18.2. The van der Waals surface area contributed by atoms with Crippen LogP contribution in [-0.4, -0.2) is 39.4 Å². The Morgan fingerprint density at radius 1 is 1.33 bits per heavy atom. The van der Waals surface area contributed by atoms with Crippen LogP contribution in [0.3, 0.4) is 0 Å². The summed E-state index contributed by atoms with van der Waals surface area (Å²) in [6.07, 6.45) is 0.539. The van der Waals surface area contributed by atoms with Crippen LogP contribution in [-0.2, 0) is 13.0 Å². The fourth-order valence-corrected chi connectivity index (χ4v) is 3.09. The third-order valence-electron chi connectivity index (χ3n) is 4.03. The summed E-state index contributed by atoms with van der Waals surface area (Å²) in [6.45, 7) is 4.46. The van der Waals surface area contributed by atoms with Gasteiger partial charge in [-0.1, -0.05) is 23.7 Å². The molecule has 2 heterocycles. The highest BCUT2D eigenvalue weighted by molar-refractivity contribution is 6.30. The van der Waals surface area contributed by atoms with Gasteiger partial charge in [0, 0.05) is 36.3 Å². The minimum Gasteiger partial charge on any atom is -0.391 e. The number of aromatic nitrogens is 2. The molecule has 2 aromatic rings. The van der Waals surface area contributed by atoms with Gasteiger partial charge in [0.25, 0.3) is 0 Å². The Kier molecular flexibility index (Phi) is 4.29. The van der Waals surface area contributed by atoms with Gasteiger partial charge in [0.15, 0.2) is 0 Å². The molecule has 1 aromatic carbocycles. The highest BCUT2D eigenvalue weighted by atomic mass is 35.5. The number of hydrogen-bond donors (Lipinski definition) is 2. The molecule has 5 heteroatoms. The minimum atomic E-state index is -0.283. The zero-order valence-corrected chi connectivity index (χ0v) is 12.8. The van der Waals surface area contributed by atoms with Crippen LogP contribution < -0.4 is 0 Å². The molecule has 4 nitrogen and oxygen atoms in total. The van der Waals surface area contributed by atoms with Crippen LogP contribution in [0.25, 0.3) is 0 Å². The Morgan fingerprint density at radius 2 is 2.10 bits per heavy atom. The molecular formula is C16H20ClN3O. The van der Waals surface area contributed by atoms with Crippen LogP contribution in [0.4, 0.5) is 0 Å². The molecule has 112 valence electrons. The number of nitrogens with one attached hydrogen (secondary N) is 1. The van der Waals surface area contributed by atoms with Crippen molar-refractivity contribution in [2.24, 2.45) is 5.92 Å². The quantitative estimate of drug-likeness (QED) is 0.912. The first-order valence-corrected chi connectivity index (χ1v) is 7.63. The smallest absolute Gasteiger partial charge is 0.0711 e. The molecule has 1 saturated heterocycles. The number of H-pyrrole nitrogens is 1. The summed E-state index contributed by atoms with van der Waals surface area (Å²) >= 11 is 5.90. The predicted molar refractivity (Wildman–Crippen MR) is 83.3 cm³/mol. The molecule has 0 radical (unpaired) electrons. The van der Waals surface area contributed by atoms with Crippen LogP contribution in [0, 0.1) is 12.8 Å². The molecule has 1 aliphatic heterocycles. The predicted octanol–water partition coefficient (Wildman–Crippen LogP) is 2.41. The van der Waals surface area contributed by atoms with Crippen molar-refractivity contribution in [1.82, 2.24) is 15.1 Å². The van der Waals surface area contributed by atoms with E-state index in [9.17, 15) is 5.11 Å². The second-order valence-electron chi connectivity index (χ2n) is 5.89. The number of aromatic amines is 1. The fourth-order valence-electron chi connectivity index (χ4n) is 2.97. The van der Waals surface area contributed by atoms with E-state index in [2.05, 4.69) is 21.2 Å². The van der Waals surface area contributed by atoms with Gasteiger partial charge in [0.05, 0.1) is 11.8 Å². The number of likely N-dealkylation sites (tertiary alicyclic amines) is 1. The number of rotatable bonds is 4. The first-order valence-electron chi connectivity index (χ1n) is 7.26. The van der Waals surface area contributed by atoms with Gasteiger partial charge in [0.1, 0.15) is 0 Å². The molecule has 2 atom stereocenters. The lowest BCUT2D eigenvalue weighted by Gasteiger charge is -2.15. The molecule has 0 saturated carbocycles. The second kappa shape index (κ2) is 6.18. The number of hydrogen-bond acceptors (Lipinski definition) is 3. The Hall–Kier alpha value is -1.36. The van der Waals surface area contributed by atoms with Gasteiger partial charge < -0.3 is 5.11 Å². The molecule has 0 unspecified atom stereocenters. The number of benzene rings is 1. The van der Waals surface area contributed by atoms with E-state index in [0.717, 1.165) is 42.5 Å². The van der Waals surface area contributed by atoms with E-state index in [-0.39, 0.29) is 12.0 Å². The molecule has 0 aliphatic carbocycles. The average molecular weight is 306 g/mol. The topological polar surface area (TPSA) is 52.1 Å². The van der Waals surface area contributed by atoms with Gasteiger partial charge in [-0.25, -0.2) is 0 Å². The van der Waals surface area contributed by atoms with Crippen molar-refractivity contribution in [2.75, 3.05) is 13.1 Å². The van der Waals surface area contributed by atoms with Gasteiger partial charge in [-0.2, -0.15) is 5.10 Å². The summed E-state index contributed by atoms with van der Waals surface area (Å²) < 4.78 is 0. The molecule has 0 amide bonds. The standard InChI is InChI=1S/C16H20ClN3O/c1-11-6-15(19-18-11)7-13-9-20(10-16(13)21)8-12-2-4-14(17)5-3-12/h2-6,13,16,21H,7-10H2,1H3,(H,18,19)/t13-,16-/m1/s1. The molecule has 1 aliphatic rings. The van der Waals surface area contributed by atoms with E-state index in [1.807, 2.05) is 31.2 Å². The van der Waals surface area contributed by atoms with Crippen LogP contribution in [0.2, 0.25) is 5.02 Å². The third kappa shape index (κ3) is 3.64. The van der Waals surface area contributed by atoms with E-state index >= 15 is 0 Å². The van der Waals surface area contributed by atoms with Crippen LogP contribution in [0.1, 0.15) is 17.0 Å². The average Bonchev–Trinajstić information content (AvgIpc) is 3.00. The lowest BCUT2D eigenvalue weighted by atomic mass is 10.0. The van der Waals surface area contributed by atoms with Crippen molar-refractivity contribution in [1.29, 1.82) is 0 Å². The molecule has 0 bridgehead atoms. The molecule has 3 rings (SSSR count). The molecule has 1 fully saturated rings. The maximum atomic E-state index is 10.2. The number of aliphatic hydroxyl groups is 1. The first-order chi connectivity index (χ1) is 10.1. The van der Waals surface area contributed by atoms with Crippen molar-refractivity contribution in [3.05, 3.63) is 52.3 Å². The molecule has 0 spiro atoms. The Morgan fingerprint density at radius 3 is 2.76 bits per heavy atom. The van der Waals surface area contributed by atoms with E-state index in [1.54, 1.807) is 0 Å². The third-order valence-corrected chi connectivity index (χ3v) is 4.28. The van der Waals surface area contributed by atoms with E-state index in [4.69, 9.17) is 11.6 Å². The summed E-state index contributed by atoms with van der Waals surface area (Å²) in [4.78, 5) is 2.29. The lowest BCUT2D eigenvalue weighted by molar-refractivity contribution is 0.140. The van der Waals surface area contributed by atoms with Crippen LogP contribution in [0.15, 0.2) is 30.3 Å². The van der Waals surface area contributed by atoms with Crippen LogP contribution in [0.5, 0.6) is 0 Å². The zero-order valence-electron chi connectivity index (χ0n) is 12.1. The monoisotopic (exact) mass is 305 g/mol. The highest BCUT2D eigenvalue weighted by Gasteiger charge is 2.31. The number of β-amino-alcohol motifs (C(OH)–C–C–N with tert-alkyl or cyclic N) is 1. The molecule has 21 heavy (non-hydrogen) atoms. The summed E-state index contributed by atoms with van der Waals surface area (Å²) in [5.41, 5.74) is 3.32.